The summed E-state index contributed by atoms with van der Waals surface area (Å²) in [7, 11) is 7.91. The quantitative estimate of drug-likeness (QED) is 0.148. The Balaban J connectivity index is 1.05. The number of carbonyl (C=O) groups excluding carboxylic acids is 1. The van der Waals surface area contributed by atoms with Crippen molar-refractivity contribution >= 4 is 17.3 Å². The van der Waals surface area contributed by atoms with Crippen LogP contribution in [0.5, 0.6) is 40.2 Å². The molecule has 0 fully saturated rings. The van der Waals surface area contributed by atoms with Gasteiger partial charge in [-0.15, -0.1) is 0 Å². The van der Waals surface area contributed by atoms with Crippen molar-refractivity contribution in [1.82, 2.24) is 5.32 Å². The molecule has 0 radical (unpaired) electrons. The van der Waals surface area contributed by atoms with Crippen molar-refractivity contribution in [2.24, 2.45) is 5.16 Å². The Kier molecular flexibility index (Phi) is 10.1. The molecule has 2 aliphatic heterocycles. The van der Waals surface area contributed by atoms with Crippen LogP contribution in [0, 0.1) is 0 Å². The highest BCUT2D eigenvalue weighted by atomic mass is 16.6. The van der Waals surface area contributed by atoms with Gasteiger partial charge in [0.15, 0.2) is 40.6 Å². The molecule has 0 saturated heterocycles. The number of anilines is 1. The summed E-state index contributed by atoms with van der Waals surface area (Å²) in [6.45, 7) is 0.775. The molecule has 2 atom stereocenters. The molecule has 12 heteroatoms. The number of hydrogen-bond donors (Lipinski definition) is 2. The topological polar surface area (TPSA) is 127 Å². The van der Waals surface area contributed by atoms with Gasteiger partial charge in [0, 0.05) is 29.7 Å². The predicted molar refractivity (Wildman–Crippen MR) is 183 cm³/mol. The molecule has 0 bridgehead atoms. The third-order valence-corrected chi connectivity index (χ3v) is 8.30. The van der Waals surface area contributed by atoms with Crippen LogP contribution < -0.4 is 43.8 Å². The van der Waals surface area contributed by atoms with Gasteiger partial charge in [-0.2, -0.15) is 0 Å². The summed E-state index contributed by atoms with van der Waals surface area (Å²) in [6, 6.07) is 22.4. The van der Waals surface area contributed by atoms with Gasteiger partial charge in [0.25, 0.3) is 5.91 Å². The highest BCUT2D eigenvalue weighted by molar-refractivity contribution is 6.02. The number of benzene rings is 4. The fraction of sp³-hybridized carbons (Fsp3) is 0.297. The van der Waals surface area contributed by atoms with Crippen LogP contribution in [0.4, 0.5) is 5.69 Å². The first-order valence-corrected chi connectivity index (χ1v) is 15.8. The molecule has 0 aliphatic carbocycles. The number of nitrogens with zero attached hydrogens (tertiary/aromatic N) is 1. The number of fused-ring (bicyclic) bond motifs is 1. The standard InChI is InChI=1S/C37H39N3O9/c1-42-31-18-22(36-38-26-12-7-6-10-24(26)37(41)39-36)14-15-28(31)47-16-9-17-48-29-13-8-11-25(34(29)45-4)30-21-27(40-49-30)23-19-32(43-2)35(46-5)33(20-23)44-3/h6-8,10-15,18-20,30,36,38H,9,16-17,21H2,1-5H3,(H,39,41). The van der Waals surface area contributed by atoms with Crippen LogP contribution in [0.2, 0.25) is 0 Å². The van der Waals surface area contributed by atoms with E-state index in [1.165, 1.54) is 0 Å². The molecule has 256 valence electrons. The second-order valence-corrected chi connectivity index (χ2v) is 11.2. The Morgan fingerprint density at radius 2 is 1.43 bits per heavy atom. The molecule has 0 saturated carbocycles. The molecule has 6 rings (SSSR count). The van der Waals surface area contributed by atoms with Crippen LogP contribution in [0.1, 0.15) is 52.2 Å². The maximum Gasteiger partial charge on any atom is 0.255 e. The first-order chi connectivity index (χ1) is 24.0. The van der Waals surface area contributed by atoms with E-state index in [4.69, 9.17) is 38.0 Å². The van der Waals surface area contributed by atoms with Gasteiger partial charge in [-0.3, -0.25) is 4.79 Å². The number of amides is 1. The molecule has 4 aromatic rings. The van der Waals surface area contributed by atoms with Crippen LogP contribution in [-0.2, 0) is 4.84 Å². The molecule has 49 heavy (non-hydrogen) atoms. The fourth-order valence-electron chi connectivity index (χ4n) is 5.86. The highest BCUT2D eigenvalue weighted by Crippen LogP contribution is 2.43. The van der Waals surface area contributed by atoms with E-state index >= 15 is 0 Å². The fourth-order valence-corrected chi connectivity index (χ4v) is 5.86. The Morgan fingerprint density at radius 3 is 2.14 bits per heavy atom. The number of carbonyl (C=O) groups is 1. The number of nitrogens with one attached hydrogen (secondary N) is 2. The Morgan fingerprint density at radius 1 is 0.714 bits per heavy atom. The van der Waals surface area contributed by atoms with Crippen molar-refractivity contribution in [2.45, 2.75) is 25.1 Å². The normalized spacial score (nSPS) is 16.3. The zero-order chi connectivity index (χ0) is 34.3. The second-order valence-electron chi connectivity index (χ2n) is 11.2. The van der Waals surface area contributed by atoms with Crippen molar-refractivity contribution in [3.8, 4) is 40.2 Å². The first kappa shape index (κ1) is 33.1. The van der Waals surface area contributed by atoms with Gasteiger partial charge in [-0.05, 0) is 48.0 Å². The van der Waals surface area contributed by atoms with Crippen LogP contribution >= 0.6 is 0 Å². The third kappa shape index (κ3) is 6.94. The molecule has 4 aromatic carbocycles. The molecule has 2 heterocycles. The molecule has 0 spiro atoms. The average Bonchev–Trinajstić information content (AvgIpc) is 3.64. The van der Waals surface area contributed by atoms with Gasteiger partial charge in [-0.1, -0.05) is 35.5 Å². The average molecular weight is 670 g/mol. The Labute approximate surface area is 284 Å². The zero-order valence-corrected chi connectivity index (χ0v) is 28.0. The summed E-state index contributed by atoms with van der Waals surface area (Å²) in [4.78, 5) is 18.5. The van der Waals surface area contributed by atoms with E-state index in [0.29, 0.717) is 71.9 Å². The lowest BCUT2D eigenvalue weighted by Crippen LogP contribution is -2.38. The molecule has 1 amide bonds. The highest BCUT2D eigenvalue weighted by Gasteiger charge is 2.30. The predicted octanol–water partition coefficient (Wildman–Crippen LogP) is 6.30. The number of hydrogen-bond acceptors (Lipinski definition) is 11. The van der Waals surface area contributed by atoms with Crippen LogP contribution in [0.3, 0.4) is 0 Å². The summed E-state index contributed by atoms with van der Waals surface area (Å²) in [5.41, 5.74) is 4.59. The van der Waals surface area contributed by atoms with E-state index in [9.17, 15) is 4.79 Å². The van der Waals surface area contributed by atoms with Crippen molar-refractivity contribution in [1.29, 1.82) is 0 Å². The van der Waals surface area contributed by atoms with Crippen molar-refractivity contribution in [3.63, 3.8) is 0 Å². The molecule has 2 unspecified atom stereocenters. The molecule has 2 aliphatic rings. The van der Waals surface area contributed by atoms with Crippen molar-refractivity contribution < 1.29 is 42.8 Å². The smallest absolute Gasteiger partial charge is 0.255 e. The van der Waals surface area contributed by atoms with E-state index in [2.05, 4.69) is 15.8 Å². The molecular formula is C37H39N3O9. The van der Waals surface area contributed by atoms with Crippen molar-refractivity contribution in [2.75, 3.05) is 54.1 Å². The van der Waals surface area contributed by atoms with Crippen molar-refractivity contribution in [3.05, 3.63) is 95.1 Å². The van der Waals surface area contributed by atoms with Gasteiger partial charge in [0.05, 0.1) is 60.0 Å². The zero-order valence-electron chi connectivity index (χ0n) is 28.0. The molecule has 2 N–H and O–H groups in total. The largest absolute Gasteiger partial charge is 0.493 e. The first-order valence-electron chi connectivity index (χ1n) is 15.8. The van der Waals surface area contributed by atoms with Gasteiger partial charge in [-0.25, -0.2) is 0 Å². The maximum atomic E-state index is 12.6. The van der Waals surface area contributed by atoms with E-state index < -0.39 is 6.17 Å². The number of para-hydroxylation sites is 2. The minimum absolute atomic E-state index is 0.134. The van der Waals surface area contributed by atoms with E-state index in [1.54, 1.807) is 41.6 Å². The molecule has 12 nitrogen and oxygen atoms in total. The minimum Gasteiger partial charge on any atom is -0.493 e. The third-order valence-electron chi connectivity index (χ3n) is 8.30. The van der Waals surface area contributed by atoms with E-state index in [0.717, 1.165) is 28.1 Å². The lowest BCUT2D eigenvalue weighted by atomic mass is 9.98. The summed E-state index contributed by atoms with van der Waals surface area (Å²) in [5.74, 6) is 3.78. The molecule has 0 aromatic heterocycles. The van der Waals surface area contributed by atoms with Crippen LogP contribution in [0.15, 0.2) is 78.0 Å². The van der Waals surface area contributed by atoms with Gasteiger partial charge in [0.1, 0.15) is 6.17 Å². The van der Waals surface area contributed by atoms with Gasteiger partial charge >= 0.3 is 0 Å². The minimum atomic E-state index is -0.397. The number of ether oxygens (including phenoxy) is 7. The lowest BCUT2D eigenvalue weighted by molar-refractivity contribution is 0.0832. The number of methoxy groups -OCH3 is 5. The summed E-state index contributed by atoms with van der Waals surface area (Å²) in [5, 5.41) is 10.7. The van der Waals surface area contributed by atoms with Gasteiger partial charge < -0.3 is 48.6 Å². The van der Waals surface area contributed by atoms with E-state index in [1.807, 2.05) is 66.7 Å². The lowest BCUT2D eigenvalue weighted by Gasteiger charge is -2.28. The summed E-state index contributed by atoms with van der Waals surface area (Å²) >= 11 is 0. The summed E-state index contributed by atoms with van der Waals surface area (Å²) < 4.78 is 40.0. The maximum absolute atomic E-state index is 12.6. The number of oxime groups is 1. The van der Waals surface area contributed by atoms with Gasteiger partial charge in [0.2, 0.25) is 5.75 Å². The summed E-state index contributed by atoms with van der Waals surface area (Å²) in [6.07, 6.45) is 0.331. The Hall–Kier alpha value is -5.78. The van der Waals surface area contributed by atoms with Crippen LogP contribution in [-0.4, -0.2) is 60.4 Å². The second kappa shape index (κ2) is 15.0. The SMILES string of the molecule is COc1cc(C2NC(=O)c3ccccc3N2)ccc1OCCCOc1cccc(C2CC(c3cc(OC)c(OC)c(OC)c3)=NO2)c1OC. The monoisotopic (exact) mass is 669 g/mol. The van der Waals surface area contributed by atoms with E-state index in [-0.39, 0.29) is 12.0 Å². The number of rotatable bonds is 14. The molecular weight excluding hydrogens is 630 g/mol. The Bertz CT molecular complexity index is 1820. The van der Waals surface area contributed by atoms with Crippen LogP contribution in [0.25, 0.3) is 0 Å².